The Morgan fingerprint density at radius 3 is 3.00 bits per heavy atom. The summed E-state index contributed by atoms with van der Waals surface area (Å²) in [5, 5.41) is 0.949. The molecule has 0 aromatic carbocycles. The Morgan fingerprint density at radius 2 is 2.44 bits per heavy atom. The van der Waals surface area contributed by atoms with E-state index in [0.29, 0.717) is 24.0 Å². The van der Waals surface area contributed by atoms with Crippen LogP contribution in [0.2, 0.25) is 0 Å². The Labute approximate surface area is 96.3 Å². The van der Waals surface area contributed by atoms with Crippen LogP contribution in [0.3, 0.4) is 0 Å². The average molecular weight is 234 g/mol. The fraction of sp³-hybridized carbons (Fsp3) is 0.182. The number of thiazole rings is 1. The summed E-state index contributed by atoms with van der Waals surface area (Å²) < 4.78 is 0. The molecule has 16 heavy (non-hydrogen) atoms. The van der Waals surface area contributed by atoms with Gasteiger partial charge in [0.25, 0.3) is 0 Å². The summed E-state index contributed by atoms with van der Waals surface area (Å²) in [6.45, 7) is 1.90. The molecule has 0 radical (unpaired) electrons. The molecule has 0 aliphatic rings. The number of Topliss-reactive ketones (excluding diaryl/α,β-unsaturated/α-hetero) is 1. The Morgan fingerprint density at radius 1 is 1.62 bits per heavy atom. The smallest absolute Gasteiger partial charge is 0.169 e. The Balaban J connectivity index is 2.11. The molecule has 0 aliphatic carbocycles. The van der Waals surface area contributed by atoms with Gasteiger partial charge in [-0.3, -0.25) is 9.59 Å². The summed E-state index contributed by atoms with van der Waals surface area (Å²) >= 11 is 1.51. The fourth-order valence-electron chi connectivity index (χ4n) is 1.39. The van der Waals surface area contributed by atoms with Crippen molar-refractivity contribution in [2.24, 2.45) is 0 Å². The molecule has 4 nitrogen and oxygen atoms in total. The van der Waals surface area contributed by atoms with Crippen molar-refractivity contribution < 1.29 is 9.59 Å². The van der Waals surface area contributed by atoms with E-state index in [1.165, 1.54) is 11.3 Å². The molecule has 0 unspecified atom stereocenters. The van der Waals surface area contributed by atoms with Crippen LogP contribution in [0.5, 0.6) is 0 Å². The lowest BCUT2D eigenvalue weighted by atomic mass is 10.1. The highest BCUT2D eigenvalue weighted by Crippen LogP contribution is 2.15. The lowest BCUT2D eigenvalue weighted by molar-refractivity contribution is 0.0994. The van der Waals surface area contributed by atoms with Gasteiger partial charge in [-0.15, -0.1) is 11.3 Å². The Kier molecular flexibility index (Phi) is 2.96. The molecule has 0 atom stereocenters. The number of rotatable bonds is 4. The summed E-state index contributed by atoms with van der Waals surface area (Å²) in [4.78, 5) is 30.0. The van der Waals surface area contributed by atoms with Gasteiger partial charge in [-0.25, -0.2) is 4.98 Å². The minimum Gasteiger partial charge on any atom is -0.358 e. The van der Waals surface area contributed by atoms with Crippen molar-refractivity contribution in [3.8, 4) is 0 Å². The van der Waals surface area contributed by atoms with Gasteiger partial charge in [0, 0.05) is 29.3 Å². The molecule has 5 heteroatoms. The maximum Gasteiger partial charge on any atom is 0.169 e. The summed E-state index contributed by atoms with van der Waals surface area (Å²) in [6.07, 6.45) is 4.29. The first-order chi connectivity index (χ1) is 7.69. The van der Waals surface area contributed by atoms with Gasteiger partial charge in [0.2, 0.25) is 0 Å². The second-order valence-electron chi connectivity index (χ2n) is 3.41. The van der Waals surface area contributed by atoms with Gasteiger partial charge in [0.15, 0.2) is 12.1 Å². The van der Waals surface area contributed by atoms with Gasteiger partial charge in [-0.1, -0.05) is 0 Å². The predicted octanol–water partition coefficient (Wildman–Crippen LogP) is 2.02. The third-order valence-corrected chi connectivity index (χ3v) is 3.07. The van der Waals surface area contributed by atoms with Crippen molar-refractivity contribution in [2.45, 2.75) is 13.3 Å². The average Bonchev–Trinajstić information content (AvgIpc) is 2.87. The van der Waals surface area contributed by atoms with Gasteiger partial charge in [-0.2, -0.15) is 0 Å². The van der Waals surface area contributed by atoms with E-state index < -0.39 is 0 Å². The molecule has 2 rings (SSSR count). The molecule has 1 N–H and O–H groups in total. The van der Waals surface area contributed by atoms with Crippen molar-refractivity contribution in [2.75, 3.05) is 0 Å². The zero-order valence-corrected chi connectivity index (χ0v) is 9.50. The van der Waals surface area contributed by atoms with E-state index >= 15 is 0 Å². The quantitative estimate of drug-likeness (QED) is 0.650. The molecular weight excluding hydrogens is 224 g/mol. The van der Waals surface area contributed by atoms with Gasteiger partial charge >= 0.3 is 0 Å². The first kappa shape index (κ1) is 10.8. The van der Waals surface area contributed by atoms with E-state index in [1.54, 1.807) is 18.5 Å². The van der Waals surface area contributed by atoms with Crippen molar-refractivity contribution >= 4 is 23.4 Å². The second-order valence-corrected chi connectivity index (χ2v) is 4.73. The monoisotopic (exact) mass is 234 g/mol. The highest BCUT2D eigenvalue weighted by Gasteiger charge is 2.10. The number of H-pyrrole nitrogens is 1. The van der Waals surface area contributed by atoms with Gasteiger partial charge in [-0.05, 0) is 13.0 Å². The number of hydrogen-bond acceptors (Lipinski definition) is 4. The number of carbonyl (C=O) groups excluding carboxylic acids is 2. The number of nitrogens with one attached hydrogen (secondary N) is 1. The third-order valence-electron chi connectivity index (χ3n) is 2.16. The number of aromatic amines is 1. The van der Waals surface area contributed by atoms with E-state index in [4.69, 9.17) is 0 Å². The lowest BCUT2D eigenvalue weighted by Gasteiger charge is -1.93. The van der Waals surface area contributed by atoms with Gasteiger partial charge in [0.1, 0.15) is 0 Å². The molecule has 0 amide bonds. The fourth-order valence-corrected chi connectivity index (χ4v) is 2.18. The molecule has 0 saturated heterocycles. The topological polar surface area (TPSA) is 62.8 Å². The van der Waals surface area contributed by atoms with Crippen LogP contribution in [0.1, 0.15) is 30.7 Å². The number of aromatic nitrogens is 2. The standard InChI is InChI=1S/C11H10N2O2S/c1-7-12-5-10(16-7)3-11(15)8-2-9(6-14)13-4-8/h2,4-6,13H,3H2,1H3. The molecule has 82 valence electrons. The number of nitrogens with zero attached hydrogens (tertiary/aromatic N) is 1. The second kappa shape index (κ2) is 4.40. The molecule has 0 aliphatic heterocycles. The molecular formula is C11H10N2O2S. The van der Waals surface area contributed by atoms with Crippen molar-refractivity contribution in [1.82, 2.24) is 9.97 Å². The molecule has 2 aromatic rings. The molecule has 0 bridgehead atoms. The van der Waals surface area contributed by atoms with Crippen LogP contribution < -0.4 is 0 Å². The Hall–Kier alpha value is -1.75. The molecule has 0 spiro atoms. The molecule has 0 fully saturated rings. The number of aldehydes is 1. The SMILES string of the molecule is Cc1ncc(CC(=O)c2c[nH]c(C=O)c2)s1. The summed E-state index contributed by atoms with van der Waals surface area (Å²) in [5.41, 5.74) is 0.956. The van der Waals surface area contributed by atoms with E-state index in [0.717, 1.165) is 9.88 Å². The van der Waals surface area contributed by atoms with Gasteiger partial charge < -0.3 is 4.98 Å². The first-order valence-corrected chi connectivity index (χ1v) is 5.59. The molecule has 0 saturated carbocycles. The summed E-state index contributed by atoms with van der Waals surface area (Å²) in [5.74, 6) is -0.00648. The maximum atomic E-state index is 11.8. The number of aryl methyl sites for hydroxylation is 1. The van der Waals surface area contributed by atoms with E-state index in [9.17, 15) is 9.59 Å². The predicted molar refractivity (Wildman–Crippen MR) is 61.1 cm³/mol. The van der Waals surface area contributed by atoms with Crippen LogP contribution in [0.4, 0.5) is 0 Å². The highest BCUT2D eigenvalue weighted by molar-refractivity contribution is 7.11. The summed E-state index contributed by atoms with van der Waals surface area (Å²) in [7, 11) is 0. The van der Waals surface area contributed by atoms with E-state index in [2.05, 4.69) is 9.97 Å². The maximum absolute atomic E-state index is 11.8. The number of ketones is 1. The van der Waals surface area contributed by atoms with Crippen LogP contribution >= 0.6 is 11.3 Å². The van der Waals surface area contributed by atoms with Crippen LogP contribution in [0.15, 0.2) is 18.5 Å². The van der Waals surface area contributed by atoms with Crippen molar-refractivity contribution in [3.63, 3.8) is 0 Å². The lowest BCUT2D eigenvalue weighted by Crippen LogP contribution is -2.00. The number of hydrogen-bond donors (Lipinski definition) is 1. The zero-order chi connectivity index (χ0) is 11.5. The normalized spacial score (nSPS) is 10.3. The van der Waals surface area contributed by atoms with Crippen LogP contribution in [0, 0.1) is 6.92 Å². The van der Waals surface area contributed by atoms with Crippen LogP contribution in [-0.2, 0) is 6.42 Å². The van der Waals surface area contributed by atoms with Crippen LogP contribution in [-0.4, -0.2) is 22.0 Å². The minimum absolute atomic E-state index is 0.00648. The molecule has 2 aromatic heterocycles. The largest absolute Gasteiger partial charge is 0.358 e. The highest BCUT2D eigenvalue weighted by atomic mass is 32.1. The summed E-state index contributed by atoms with van der Waals surface area (Å²) in [6, 6.07) is 1.56. The van der Waals surface area contributed by atoms with Crippen molar-refractivity contribution in [1.29, 1.82) is 0 Å². The third kappa shape index (κ3) is 2.25. The van der Waals surface area contributed by atoms with Gasteiger partial charge in [0.05, 0.1) is 10.7 Å². The van der Waals surface area contributed by atoms with Crippen molar-refractivity contribution in [3.05, 3.63) is 39.6 Å². The Bertz CT molecular complexity index is 528. The first-order valence-electron chi connectivity index (χ1n) is 4.77. The number of carbonyl (C=O) groups is 2. The zero-order valence-electron chi connectivity index (χ0n) is 8.69. The molecule has 2 heterocycles. The van der Waals surface area contributed by atoms with E-state index in [1.807, 2.05) is 6.92 Å². The minimum atomic E-state index is -0.00648. The van der Waals surface area contributed by atoms with E-state index in [-0.39, 0.29) is 5.78 Å². The van der Waals surface area contributed by atoms with Crippen LogP contribution in [0.25, 0.3) is 0 Å².